The number of phenolic OH excluding ortho intramolecular Hbond substituents is 1. The number of aromatic hydroxyl groups is 1. The fraction of sp³-hybridized carbons (Fsp3) is 0.100. The Balaban J connectivity index is 2.58. The van der Waals surface area contributed by atoms with Crippen LogP contribution in [0.3, 0.4) is 0 Å². The number of halogens is 1. The Morgan fingerprint density at radius 1 is 1.50 bits per heavy atom. The third-order valence-electron chi connectivity index (χ3n) is 2.09. The maximum Gasteiger partial charge on any atom is 0.222 e. The summed E-state index contributed by atoms with van der Waals surface area (Å²) in [7, 11) is 1.47. The standard InChI is InChI=1S/C10H9BrN2O3/c1-15-10-6(11)3-2-5(9(10)14)7-4-8(12)16-13-7/h2-4,14H,12H2,1H3. The average molecular weight is 285 g/mol. The van der Waals surface area contributed by atoms with Crippen molar-refractivity contribution in [2.45, 2.75) is 0 Å². The fourth-order valence-corrected chi connectivity index (χ4v) is 1.85. The normalized spacial score (nSPS) is 10.4. The molecule has 0 fully saturated rings. The van der Waals surface area contributed by atoms with Crippen LogP contribution in [0.2, 0.25) is 0 Å². The molecule has 1 aromatic carbocycles. The van der Waals surface area contributed by atoms with Gasteiger partial charge in [0, 0.05) is 11.6 Å². The van der Waals surface area contributed by atoms with Crippen molar-refractivity contribution in [2.24, 2.45) is 0 Å². The molecule has 0 spiro atoms. The molecule has 2 rings (SSSR count). The van der Waals surface area contributed by atoms with Gasteiger partial charge in [-0.2, -0.15) is 0 Å². The van der Waals surface area contributed by atoms with Crippen LogP contribution in [-0.4, -0.2) is 17.4 Å². The average Bonchev–Trinajstić information content (AvgIpc) is 2.65. The molecule has 0 aliphatic carbocycles. The van der Waals surface area contributed by atoms with Crippen molar-refractivity contribution >= 4 is 21.8 Å². The summed E-state index contributed by atoms with van der Waals surface area (Å²) in [5.74, 6) is 0.528. The van der Waals surface area contributed by atoms with Gasteiger partial charge >= 0.3 is 0 Å². The van der Waals surface area contributed by atoms with E-state index < -0.39 is 0 Å². The molecule has 16 heavy (non-hydrogen) atoms. The van der Waals surface area contributed by atoms with Gasteiger partial charge < -0.3 is 20.1 Å². The first-order valence-electron chi connectivity index (χ1n) is 4.41. The van der Waals surface area contributed by atoms with Crippen LogP contribution in [0.15, 0.2) is 27.2 Å². The lowest BCUT2D eigenvalue weighted by atomic mass is 10.1. The molecule has 0 saturated carbocycles. The SMILES string of the molecule is COc1c(Br)ccc(-c2cc(N)on2)c1O. The van der Waals surface area contributed by atoms with Crippen LogP contribution in [0.4, 0.5) is 5.88 Å². The minimum Gasteiger partial charge on any atom is -0.504 e. The molecule has 0 aliphatic heterocycles. The van der Waals surface area contributed by atoms with Gasteiger partial charge in [-0.05, 0) is 28.1 Å². The van der Waals surface area contributed by atoms with Crippen LogP contribution in [0, 0.1) is 0 Å². The van der Waals surface area contributed by atoms with E-state index in [1.165, 1.54) is 13.2 Å². The van der Waals surface area contributed by atoms with Crippen LogP contribution in [0.1, 0.15) is 0 Å². The first-order chi connectivity index (χ1) is 7.63. The molecule has 0 bridgehead atoms. The summed E-state index contributed by atoms with van der Waals surface area (Å²) in [5, 5.41) is 13.7. The quantitative estimate of drug-likeness (QED) is 0.885. The van der Waals surface area contributed by atoms with Gasteiger partial charge in [-0.25, -0.2) is 0 Å². The van der Waals surface area contributed by atoms with Crippen LogP contribution < -0.4 is 10.5 Å². The predicted octanol–water partition coefficient (Wildman–Crippen LogP) is 2.40. The van der Waals surface area contributed by atoms with Crippen LogP contribution in [0.5, 0.6) is 11.5 Å². The Hall–Kier alpha value is -1.69. The number of phenols is 1. The van der Waals surface area contributed by atoms with Gasteiger partial charge in [0.2, 0.25) is 5.88 Å². The van der Waals surface area contributed by atoms with E-state index in [0.717, 1.165) is 0 Å². The molecule has 3 N–H and O–H groups in total. The Bertz CT molecular complexity index is 525. The van der Waals surface area contributed by atoms with E-state index >= 15 is 0 Å². The minimum absolute atomic E-state index is 0.00910. The minimum atomic E-state index is -0.00910. The number of benzene rings is 1. The van der Waals surface area contributed by atoms with Crippen molar-refractivity contribution in [3.05, 3.63) is 22.7 Å². The van der Waals surface area contributed by atoms with E-state index in [4.69, 9.17) is 15.0 Å². The maximum atomic E-state index is 9.95. The number of aromatic nitrogens is 1. The van der Waals surface area contributed by atoms with Gasteiger partial charge in [0.25, 0.3) is 0 Å². The Morgan fingerprint density at radius 3 is 2.81 bits per heavy atom. The van der Waals surface area contributed by atoms with Crippen LogP contribution in [0.25, 0.3) is 11.3 Å². The summed E-state index contributed by atoms with van der Waals surface area (Å²) in [6, 6.07) is 4.97. The van der Waals surface area contributed by atoms with E-state index in [1.807, 2.05) is 0 Å². The molecule has 0 amide bonds. The number of anilines is 1. The van der Waals surface area contributed by atoms with Gasteiger partial charge in [0.1, 0.15) is 5.69 Å². The second-order valence-electron chi connectivity index (χ2n) is 3.09. The third kappa shape index (κ3) is 1.71. The number of ether oxygens (including phenoxy) is 1. The van der Waals surface area contributed by atoms with Gasteiger partial charge in [-0.1, -0.05) is 5.16 Å². The molecule has 0 unspecified atom stereocenters. The maximum absolute atomic E-state index is 9.95. The Kier molecular flexibility index (Phi) is 2.74. The highest BCUT2D eigenvalue weighted by Crippen LogP contribution is 2.41. The first kappa shape index (κ1) is 10.8. The molecule has 0 radical (unpaired) electrons. The van der Waals surface area contributed by atoms with Crippen LogP contribution in [-0.2, 0) is 0 Å². The third-order valence-corrected chi connectivity index (χ3v) is 2.72. The van der Waals surface area contributed by atoms with Crippen LogP contribution >= 0.6 is 15.9 Å². The second kappa shape index (κ2) is 4.05. The molecule has 0 aliphatic rings. The molecule has 1 aromatic heterocycles. The molecule has 0 saturated heterocycles. The molecule has 84 valence electrons. The lowest BCUT2D eigenvalue weighted by molar-refractivity contribution is 0.371. The van der Waals surface area contributed by atoms with Crippen molar-refractivity contribution < 1.29 is 14.4 Å². The monoisotopic (exact) mass is 284 g/mol. The largest absolute Gasteiger partial charge is 0.504 e. The highest BCUT2D eigenvalue weighted by molar-refractivity contribution is 9.10. The van der Waals surface area contributed by atoms with Gasteiger partial charge in [-0.15, -0.1) is 0 Å². The molecular formula is C10H9BrN2O3. The number of hydrogen-bond acceptors (Lipinski definition) is 5. The predicted molar refractivity (Wildman–Crippen MR) is 62.3 cm³/mol. The van der Waals surface area contributed by atoms with E-state index in [1.54, 1.807) is 12.1 Å². The van der Waals surface area contributed by atoms with E-state index in [9.17, 15) is 5.11 Å². The zero-order chi connectivity index (χ0) is 11.7. The Labute approximate surface area is 99.9 Å². The summed E-state index contributed by atoms with van der Waals surface area (Å²) >= 11 is 3.27. The lowest BCUT2D eigenvalue weighted by Crippen LogP contribution is -1.88. The van der Waals surface area contributed by atoms with Gasteiger partial charge in [-0.3, -0.25) is 0 Å². The Morgan fingerprint density at radius 2 is 2.25 bits per heavy atom. The number of nitrogen functional groups attached to an aromatic ring is 1. The molecule has 5 nitrogen and oxygen atoms in total. The highest BCUT2D eigenvalue weighted by atomic mass is 79.9. The number of hydrogen-bond donors (Lipinski definition) is 2. The van der Waals surface area contributed by atoms with E-state index in [0.29, 0.717) is 21.5 Å². The number of rotatable bonds is 2. The van der Waals surface area contributed by atoms with Crippen molar-refractivity contribution in [3.63, 3.8) is 0 Å². The zero-order valence-electron chi connectivity index (χ0n) is 8.40. The molecule has 6 heteroatoms. The van der Waals surface area contributed by atoms with Gasteiger partial charge in [0.05, 0.1) is 11.6 Å². The van der Waals surface area contributed by atoms with E-state index in [2.05, 4.69) is 21.1 Å². The van der Waals surface area contributed by atoms with E-state index in [-0.39, 0.29) is 11.6 Å². The number of nitrogens with zero attached hydrogens (tertiary/aromatic N) is 1. The fourth-order valence-electron chi connectivity index (χ4n) is 1.36. The molecule has 0 atom stereocenters. The number of methoxy groups -OCH3 is 1. The zero-order valence-corrected chi connectivity index (χ0v) is 9.98. The summed E-state index contributed by atoms with van der Waals surface area (Å²) in [4.78, 5) is 0. The van der Waals surface area contributed by atoms with Crippen molar-refractivity contribution in [1.82, 2.24) is 5.16 Å². The van der Waals surface area contributed by atoms with Crippen molar-refractivity contribution in [3.8, 4) is 22.8 Å². The lowest BCUT2D eigenvalue weighted by Gasteiger charge is -2.08. The topological polar surface area (TPSA) is 81.5 Å². The number of nitrogens with two attached hydrogens (primary N) is 1. The van der Waals surface area contributed by atoms with Crippen molar-refractivity contribution in [2.75, 3.05) is 12.8 Å². The van der Waals surface area contributed by atoms with Gasteiger partial charge in [0.15, 0.2) is 11.5 Å². The summed E-state index contributed by atoms with van der Waals surface area (Å²) in [6.45, 7) is 0. The summed E-state index contributed by atoms with van der Waals surface area (Å²) in [5.41, 5.74) is 6.37. The first-order valence-corrected chi connectivity index (χ1v) is 5.20. The smallest absolute Gasteiger partial charge is 0.222 e. The second-order valence-corrected chi connectivity index (χ2v) is 3.95. The summed E-state index contributed by atoms with van der Waals surface area (Å²) < 4.78 is 10.5. The molecule has 2 aromatic rings. The summed E-state index contributed by atoms with van der Waals surface area (Å²) in [6.07, 6.45) is 0. The van der Waals surface area contributed by atoms with Crippen molar-refractivity contribution in [1.29, 1.82) is 0 Å². The molecular weight excluding hydrogens is 276 g/mol. The highest BCUT2D eigenvalue weighted by Gasteiger charge is 2.15. The molecule has 1 heterocycles.